The number of benzene rings is 1. The van der Waals surface area contributed by atoms with Crippen LogP contribution in [-0.2, 0) is 20.9 Å². The van der Waals surface area contributed by atoms with E-state index in [2.05, 4.69) is 10.2 Å². The summed E-state index contributed by atoms with van der Waals surface area (Å²) in [6.07, 6.45) is 0. The summed E-state index contributed by atoms with van der Waals surface area (Å²) in [5.74, 6) is -0.207. The van der Waals surface area contributed by atoms with Crippen molar-refractivity contribution in [3.63, 3.8) is 0 Å². The minimum atomic E-state index is -0.334. The van der Waals surface area contributed by atoms with Gasteiger partial charge >= 0.3 is 5.97 Å². The third-order valence-corrected chi connectivity index (χ3v) is 3.52. The molecule has 0 aliphatic carbocycles. The fraction of sp³-hybridized carbons (Fsp3) is 0.533. The van der Waals surface area contributed by atoms with Crippen LogP contribution in [0.25, 0.3) is 0 Å². The summed E-state index contributed by atoms with van der Waals surface area (Å²) < 4.78 is 10.1. The van der Waals surface area contributed by atoms with Crippen molar-refractivity contribution in [2.75, 3.05) is 40.4 Å². The Morgan fingerprint density at radius 2 is 2.10 bits per heavy atom. The van der Waals surface area contributed by atoms with E-state index in [1.807, 2.05) is 24.3 Å². The van der Waals surface area contributed by atoms with Crippen LogP contribution in [-0.4, -0.2) is 51.3 Å². The van der Waals surface area contributed by atoms with Crippen LogP contribution < -0.4 is 5.32 Å². The zero-order chi connectivity index (χ0) is 14.4. The van der Waals surface area contributed by atoms with Gasteiger partial charge < -0.3 is 14.8 Å². The van der Waals surface area contributed by atoms with Crippen LogP contribution in [0.3, 0.4) is 0 Å². The summed E-state index contributed by atoms with van der Waals surface area (Å²) in [7, 11) is 3.11. The van der Waals surface area contributed by atoms with Crippen molar-refractivity contribution in [2.45, 2.75) is 12.6 Å². The lowest BCUT2D eigenvalue weighted by Gasteiger charge is -2.33. The first-order valence-corrected chi connectivity index (χ1v) is 6.86. The van der Waals surface area contributed by atoms with Gasteiger partial charge in [0.15, 0.2) is 0 Å². The van der Waals surface area contributed by atoms with Crippen LogP contribution in [0.4, 0.5) is 0 Å². The lowest BCUT2D eigenvalue weighted by molar-refractivity contribution is -0.147. The molecule has 110 valence electrons. The van der Waals surface area contributed by atoms with Crippen LogP contribution in [0.5, 0.6) is 0 Å². The SMILES string of the molecule is COCc1cccc(C(C(=O)OC)N2CCNCC2)c1. The molecule has 1 N–H and O–H groups in total. The number of methoxy groups -OCH3 is 2. The number of esters is 1. The molecule has 0 amide bonds. The van der Waals surface area contributed by atoms with Gasteiger partial charge in [-0.15, -0.1) is 0 Å². The number of hydrogen-bond donors (Lipinski definition) is 1. The van der Waals surface area contributed by atoms with Gasteiger partial charge in [-0.25, -0.2) is 4.79 Å². The van der Waals surface area contributed by atoms with Gasteiger partial charge in [-0.1, -0.05) is 24.3 Å². The Hall–Kier alpha value is -1.43. The van der Waals surface area contributed by atoms with E-state index < -0.39 is 0 Å². The van der Waals surface area contributed by atoms with E-state index in [9.17, 15) is 4.79 Å². The van der Waals surface area contributed by atoms with Crippen molar-refractivity contribution in [3.8, 4) is 0 Å². The Bertz CT molecular complexity index is 444. The second kappa shape index (κ2) is 7.38. The van der Waals surface area contributed by atoms with Gasteiger partial charge in [-0.05, 0) is 11.1 Å². The molecule has 1 atom stereocenters. The molecule has 1 aromatic rings. The largest absolute Gasteiger partial charge is 0.468 e. The van der Waals surface area contributed by atoms with Crippen LogP contribution in [0.15, 0.2) is 24.3 Å². The average Bonchev–Trinajstić information content (AvgIpc) is 2.49. The fourth-order valence-corrected chi connectivity index (χ4v) is 2.57. The Morgan fingerprint density at radius 3 is 2.75 bits per heavy atom. The van der Waals surface area contributed by atoms with E-state index in [1.165, 1.54) is 7.11 Å². The highest BCUT2D eigenvalue weighted by molar-refractivity contribution is 5.77. The normalized spacial score (nSPS) is 17.7. The maximum Gasteiger partial charge on any atom is 0.327 e. The summed E-state index contributed by atoms with van der Waals surface area (Å²) in [5.41, 5.74) is 2.03. The molecule has 0 saturated carbocycles. The summed E-state index contributed by atoms with van der Waals surface area (Å²) in [6.45, 7) is 4.02. The van der Waals surface area contributed by atoms with Gasteiger partial charge in [0, 0.05) is 33.3 Å². The van der Waals surface area contributed by atoms with Gasteiger partial charge in [0.25, 0.3) is 0 Å². The molecule has 1 aliphatic rings. The summed E-state index contributed by atoms with van der Waals surface area (Å²) >= 11 is 0. The molecule has 0 bridgehead atoms. The molecule has 1 aliphatic heterocycles. The number of nitrogens with zero attached hydrogens (tertiary/aromatic N) is 1. The molecule has 1 fully saturated rings. The van der Waals surface area contributed by atoms with E-state index >= 15 is 0 Å². The third-order valence-electron chi connectivity index (χ3n) is 3.52. The molecule has 20 heavy (non-hydrogen) atoms. The number of hydrogen-bond acceptors (Lipinski definition) is 5. The number of carbonyl (C=O) groups excluding carboxylic acids is 1. The molecule has 0 spiro atoms. The smallest absolute Gasteiger partial charge is 0.327 e. The van der Waals surface area contributed by atoms with Crippen molar-refractivity contribution < 1.29 is 14.3 Å². The Balaban J connectivity index is 2.25. The topological polar surface area (TPSA) is 50.8 Å². The zero-order valence-electron chi connectivity index (χ0n) is 12.1. The first-order valence-electron chi connectivity index (χ1n) is 6.86. The molecule has 2 rings (SSSR count). The molecule has 0 aromatic heterocycles. The van der Waals surface area contributed by atoms with Crippen LogP contribution in [0.1, 0.15) is 17.2 Å². The number of piperazine rings is 1. The number of rotatable bonds is 5. The minimum Gasteiger partial charge on any atom is -0.468 e. The van der Waals surface area contributed by atoms with E-state index in [-0.39, 0.29) is 12.0 Å². The average molecular weight is 278 g/mol. The van der Waals surface area contributed by atoms with Gasteiger partial charge in [0.2, 0.25) is 0 Å². The van der Waals surface area contributed by atoms with Crippen LogP contribution in [0.2, 0.25) is 0 Å². The van der Waals surface area contributed by atoms with Crippen LogP contribution >= 0.6 is 0 Å². The summed E-state index contributed by atoms with van der Waals surface area (Å²) in [5, 5.41) is 3.30. The maximum atomic E-state index is 12.2. The lowest BCUT2D eigenvalue weighted by Crippen LogP contribution is -2.47. The molecule has 5 heteroatoms. The highest BCUT2D eigenvalue weighted by Gasteiger charge is 2.29. The molecule has 5 nitrogen and oxygen atoms in total. The second-order valence-corrected chi connectivity index (χ2v) is 4.89. The Kier molecular flexibility index (Phi) is 5.52. The van der Waals surface area contributed by atoms with Gasteiger partial charge in [0.1, 0.15) is 6.04 Å². The fourth-order valence-electron chi connectivity index (χ4n) is 2.57. The first-order chi connectivity index (χ1) is 9.76. The minimum absolute atomic E-state index is 0.207. The number of nitrogens with one attached hydrogen (secondary N) is 1. The van der Waals surface area contributed by atoms with E-state index in [0.717, 1.165) is 37.3 Å². The third kappa shape index (κ3) is 3.56. The van der Waals surface area contributed by atoms with E-state index in [0.29, 0.717) is 6.61 Å². The Morgan fingerprint density at radius 1 is 1.35 bits per heavy atom. The number of ether oxygens (including phenoxy) is 2. The van der Waals surface area contributed by atoms with E-state index in [4.69, 9.17) is 9.47 Å². The monoisotopic (exact) mass is 278 g/mol. The van der Waals surface area contributed by atoms with Crippen molar-refractivity contribution in [3.05, 3.63) is 35.4 Å². The molecule has 1 aromatic carbocycles. The second-order valence-electron chi connectivity index (χ2n) is 4.89. The molecular weight excluding hydrogens is 256 g/mol. The quantitative estimate of drug-likeness (QED) is 0.813. The van der Waals surface area contributed by atoms with Crippen molar-refractivity contribution >= 4 is 5.97 Å². The van der Waals surface area contributed by atoms with Crippen molar-refractivity contribution in [1.82, 2.24) is 10.2 Å². The predicted molar refractivity (Wildman–Crippen MR) is 76.4 cm³/mol. The van der Waals surface area contributed by atoms with Crippen molar-refractivity contribution in [1.29, 1.82) is 0 Å². The van der Waals surface area contributed by atoms with Crippen LogP contribution in [0, 0.1) is 0 Å². The maximum absolute atomic E-state index is 12.2. The molecule has 1 unspecified atom stereocenters. The highest BCUT2D eigenvalue weighted by Crippen LogP contribution is 2.23. The standard InChI is InChI=1S/C15H22N2O3/c1-19-11-12-4-3-5-13(10-12)14(15(18)20-2)17-8-6-16-7-9-17/h3-5,10,14,16H,6-9,11H2,1-2H3. The molecule has 1 heterocycles. The zero-order valence-corrected chi connectivity index (χ0v) is 12.1. The lowest BCUT2D eigenvalue weighted by atomic mass is 10.0. The number of carbonyl (C=O) groups is 1. The highest BCUT2D eigenvalue weighted by atomic mass is 16.5. The summed E-state index contributed by atoms with van der Waals surface area (Å²) in [4.78, 5) is 14.3. The Labute approximate surface area is 119 Å². The first kappa shape index (κ1) is 15.0. The van der Waals surface area contributed by atoms with E-state index in [1.54, 1.807) is 7.11 Å². The van der Waals surface area contributed by atoms with Gasteiger partial charge in [0.05, 0.1) is 13.7 Å². The molecule has 1 saturated heterocycles. The predicted octanol–water partition coefficient (Wildman–Crippen LogP) is 0.952. The van der Waals surface area contributed by atoms with Gasteiger partial charge in [-0.3, -0.25) is 4.90 Å². The molecular formula is C15H22N2O3. The molecule has 0 radical (unpaired) electrons. The summed E-state index contributed by atoms with van der Waals surface area (Å²) in [6, 6.07) is 7.62. The van der Waals surface area contributed by atoms with Crippen molar-refractivity contribution in [2.24, 2.45) is 0 Å². The van der Waals surface area contributed by atoms with Gasteiger partial charge in [-0.2, -0.15) is 0 Å².